The van der Waals surface area contributed by atoms with Crippen LogP contribution in [-0.4, -0.2) is 20.9 Å². The minimum atomic E-state index is -3.81. The normalized spacial score (nSPS) is 11.0. The van der Waals surface area contributed by atoms with E-state index in [0.717, 1.165) is 12.0 Å². The van der Waals surface area contributed by atoms with E-state index in [2.05, 4.69) is 5.32 Å². The molecule has 0 bridgehead atoms. The average Bonchev–Trinajstić information content (AvgIpc) is 2.52. The number of benzene rings is 2. The highest BCUT2D eigenvalue weighted by molar-refractivity contribution is 7.89. The van der Waals surface area contributed by atoms with E-state index in [4.69, 9.17) is 9.88 Å². The first-order chi connectivity index (χ1) is 10.9. The second-order valence-electron chi connectivity index (χ2n) is 4.91. The zero-order valence-corrected chi connectivity index (χ0v) is 13.5. The summed E-state index contributed by atoms with van der Waals surface area (Å²) in [5.74, 6) is 0.219. The number of hydrogen-bond donors (Lipinski definition) is 2. The molecule has 23 heavy (non-hydrogen) atoms. The number of amides is 1. The van der Waals surface area contributed by atoms with Crippen molar-refractivity contribution in [2.24, 2.45) is 5.14 Å². The molecule has 0 saturated heterocycles. The number of sulfonamides is 1. The molecule has 6 nitrogen and oxygen atoms in total. The second-order valence-corrected chi connectivity index (χ2v) is 6.47. The van der Waals surface area contributed by atoms with Crippen LogP contribution in [0.4, 0.5) is 5.69 Å². The van der Waals surface area contributed by atoms with E-state index in [-0.39, 0.29) is 11.5 Å². The molecule has 0 fully saturated rings. The lowest BCUT2D eigenvalue weighted by molar-refractivity contribution is -0.118. The van der Waals surface area contributed by atoms with Crippen LogP contribution in [-0.2, 0) is 21.2 Å². The molecule has 122 valence electrons. The standard InChI is InChI=1S/C16H18N2O4S/c1-2-12-5-3-7-14(9-12)22-11-16(19)18-13-6-4-8-15(10-13)23(17,20)21/h3-10H,2,11H2,1H3,(H,18,19)(H2,17,20,21). The minimum absolute atomic E-state index is 0.0631. The van der Waals surface area contributed by atoms with E-state index in [0.29, 0.717) is 11.4 Å². The van der Waals surface area contributed by atoms with Gasteiger partial charge in [-0.25, -0.2) is 13.6 Å². The maximum atomic E-state index is 11.9. The van der Waals surface area contributed by atoms with Crippen molar-refractivity contribution in [3.63, 3.8) is 0 Å². The Hall–Kier alpha value is -2.38. The van der Waals surface area contributed by atoms with Gasteiger partial charge in [0.1, 0.15) is 5.75 Å². The molecule has 2 rings (SSSR count). The predicted octanol–water partition coefficient (Wildman–Crippen LogP) is 1.91. The van der Waals surface area contributed by atoms with Crippen LogP contribution in [0.25, 0.3) is 0 Å². The number of ether oxygens (including phenoxy) is 1. The summed E-state index contributed by atoms with van der Waals surface area (Å²) >= 11 is 0. The van der Waals surface area contributed by atoms with Crippen molar-refractivity contribution >= 4 is 21.6 Å². The Kier molecular flexibility index (Phi) is 5.36. The zero-order chi connectivity index (χ0) is 16.9. The number of hydrogen-bond acceptors (Lipinski definition) is 4. The molecule has 0 aliphatic rings. The Balaban J connectivity index is 1.97. The van der Waals surface area contributed by atoms with Crippen LogP contribution in [0.2, 0.25) is 0 Å². The number of aryl methyl sites for hydroxylation is 1. The van der Waals surface area contributed by atoms with Crippen LogP contribution in [0.3, 0.4) is 0 Å². The van der Waals surface area contributed by atoms with Crippen LogP contribution in [0, 0.1) is 0 Å². The summed E-state index contributed by atoms with van der Waals surface area (Å²) in [6.07, 6.45) is 0.879. The van der Waals surface area contributed by atoms with Crippen LogP contribution in [0.5, 0.6) is 5.75 Å². The molecule has 0 aliphatic carbocycles. The Morgan fingerprint density at radius 2 is 1.91 bits per heavy atom. The van der Waals surface area contributed by atoms with Gasteiger partial charge in [-0.3, -0.25) is 4.79 Å². The molecule has 0 radical (unpaired) electrons. The van der Waals surface area contributed by atoms with Crippen molar-refractivity contribution in [1.29, 1.82) is 0 Å². The van der Waals surface area contributed by atoms with Gasteiger partial charge in [0.15, 0.2) is 6.61 Å². The van der Waals surface area contributed by atoms with Crippen molar-refractivity contribution in [3.8, 4) is 5.75 Å². The lowest BCUT2D eigenvalue weighted by atomic mass is 10.2. The van der Waals surface area contributed by atoms with Crippen molar-refractivity contribution < 1.29 is 17.9 Å². The first kappa shape index (κ1) is 17.0. The molecule has 0 aromatic heterocycles. The van der Waals surface area contributed by atoms with Crippen molar-refractivity contribution in [3.05, 3.63) is 54.1 Å². The zero-order valence-electron chi connectivity index (χ0n) is 12.7. The quantitative estimate of drug-likeness (QED) is 0.843. The number of nitrogens with one attached hydrogen (secondary N) is 1. The molecule has 0 aliphatic heterocycles. The van der Waals surface area contributed by atoms with E-state index >= 15 is 0 Å². The molecule has 0 spiro atoms. The topological polar surface area (TPSA) is 98.5 Å². The van der Waals surface area contributed by atoms with Gasteiger partial charge >= 0.3 is 0 Å². The summed E-state index contributed by atoms with van der Waals surface area (Å²) in [5.41, 5.74) is 1.45. The van der Waals surface area contributed by atoms with Gasteiger partial charge in [-0.1, -0.05) is 25.1 Å². The molecule has 0 atom stereocenters. The summed E-state index contributed by atoms with van der Waals surface area (Å²) in [5, 5.41) is 7.62. The lowest BCUT2D eigenvalue weighted by Crippen LogP contribution is -2.20. The molecule has 2 aromatic carbocycles. The monoisotopic (exact) mass is 334 g/mol. The lowest BCUT2D eigenvalue weighted by Gasteiger charge is -2.09. The smallest absolute Gasteiger partial charge is 0.262 e. The SMILES string of the molecule is CCc1cccc(OCC(=O)Nc2cccc(S(N)(=O)=O)c2)c1. The molecule has 2 aromatic rings. The molecule has 3 N–H and O–H groups in total. The maximum absolute atomic E-state index is 11.9. The van der Waals surface area contributed by atoms with Crippen LogP contribution >= 0.6 is 0 Å². The Bertz CT molecular complexity index is 803. The van der Waals surface area contributed by atoms with Gasteiger partial charge in [-0.2, -0.15) is 0 Å². The summed E-state index contributed by atoms with van der Waals surface area (Å²) in [4.78, 5) is 11.8. The highest BCUT2D eigenvalue weighted by atomic mass is 32.2. The predicted molar refractivity (Wildman–Crippen MR) is 87.8 cm³/mol. The Morgan fingerprint density at radius 1 is 1.17 bits per heavy atom. The van der Waals surface area contributed by atoms with Crippen LogP contribution in [0.1, 0.15) is 12.5 Å². The first-order valence-electron chi connectivity index (χ1n) is 7.03. The van der Waals surface area contributed by atoms with Gasteiger partial charge in [0.2, 0.25) is 10.0 Å². The maximum Gasteiger partial charge on any atom is 0.262 e. The number of carbonyl (C=O) groups excluding carboxylic acids is 1. The molecule has 1 amide bonds. The number of primary sulfonamides is 1. The van der Waals surface area contributed by atoms with Crippen LogP contribution < -0.4 is 15.2 Å². The van der Waals surface area contributed by atoms with E-state index in [1.807, 2.05) is 25.1 Å². The molecule has 0 heterocycles. The summed E-state index contributed by atoms with van der Waals surface area (Å²) in [7, 11) is -3.81. The van der Waals surface area contributed by atoms with Gasteiger partial charge in [0.25, 0.3) is 5.91 Å². The van der Waals surface area contributed by atoms with Gasteiger partial charge < -0.3 is 10.1 Å². The van der Waals surface area contributed by atoms with Gasteiger partial charge in [-0.05, 0) is 42.3 Å². The number of rotatable bonds is 6. The van der Waals surface area contributed by atoms with Gasteiger partial charge in [0.05, 0.1) is 4.90 Å². The van der Waals surface area contributed by atoms with Gasteiger partial charge in [-0.15, -0.1) is 0 Å². The molecule has 0 saturated carbocycles. The third-order valence-corrected chi connectivity index (χ3v) is 4.03. The van der Waals surface area contributed by atoms with E-state index < -0.39 is 15.9 Å². The third kappa shape index (κ3) is 5.08. The van der Waals surface area contributed by atoms with Crippen molar-refractivity contribution in [1.82, 2.24) is 0 Å². The molecule has 0 unspecified atom stereocenters. The molecular weight excluding hydrogens is 316 g/mol. The number of anilines is 1. The second kappa shape index (κ2) is 7.26. The molecule has 7 heteroatoms. The average molecular weight is 334 g/mol. The van der Waals surface area contributed by atoms with E-state index in [9.17, 15) is 13.2 Å². The minimum Gasteiger partial charge on any atom is -0.484 e. The molecular formula is C16H18N2O4S. The summed E-state index contributed by atoms with van der Waals surface area (Å²) in [6.45, 7) is 1.86. The summed E-state index contributed by atoms with van der Waals surface area (Å²) in [6, 6.07) is 13.2. The van der Waals surface area contributed by atoms with Gasteiger partial charge in [0, 0.05) is 5.69 Å². The fourth-order valence-electron chi connectivity index (χ4n) is 1.95. The largest absolute Gasteiger partial charge is 0.484 e. The fourth-order valence-corrected chi connectivity index (χ4v) is 2.51. The van der Waals surface area contributed by atoms with Crippen molar-refractivity contribution in [2.45, 2.75) is 18.2 Å². The number of nitrogens with two attached hydrogens (primary N) is 1. The first-order valence-corrected chi connectivity index (χ1v) is 8.57. The van der Waals surface area contributed by atoms with Crippen molar-refractivity contribution in [2.75, 3.05) is 11.9 Å². The van der Waals surface area contributed by atoms with Crippen LogP contribution in [0.15, 0.2) is 53.4 Å². The van der Waals surface area contributed by atoms with E-state index in [1.165, 1.54) is 18.2 Å². The van der Waals surface area contributed by atoms with E-state index in [1.54, 1.807) is 12.1 Å². The fraction of sp³-hybridized carbons (Fsp3) is 0.188. The third-order valence-electron chi connectivity index (χ3n) is 3.12. The highest BCUT2D eigenvalue weighted by Crippen LogP contribution is 2.15. The highest BCUT2D eigenvalue weighted by Gasteiger charge is 2.10. The summed E-state index contributed by atoms with van der Waals surface area (Å²) < 4.78 is 28.0. The Labute approximate surface area is 135 Å². The Morgan fingerprint density at radius 3 is 2.61 bits per heavy atom. The number of carbonyl (C=O) groups is 1.